The molecule has 76 valence electrons. The monoisotopic (exact) mass is 211 g/mol. The van der Waals surface area contributed by atoms with Crippen LogP contribution in [0.4, 0.5) is 5.82 Å². The van der Waals surface area contributed by atoms with Gasteiger partial charge in [-0.1, -0.05) is 11.6 Å². The summed E-state index contributed by atoms with van der Waals surface area (Å²) in [6, 6.07) is 4.46. The van der Waals surface area contributed by atoms with Crippen molar-refractivity contribution in [2.45, 2.75) is 25.4 Å². The molecule has 4 heteroatoms. The Morgan fingerprint density at radius 1 is 1.50 bits per heavy atom. The molecule has 2 N–H and O–H groups in total. The Bertz CT molecular complexity index is 323. The third-order valence-corrected chi connectivity index (χ3v) is 2.54. The highest BCUT2D eigenvalue weighted by atomic mass is 35.5. The lowest BCUT2D eigenvalue weighted by Crippen LogP contribution is -2.10. The van der Waals surface area contributed by atoms with Gasteiger partial charge in [0.1, 0.15) is 5.82 Å². The first kappa shape index (κ1) is 9.74. The lowest BCUT2D eigenvalue weighted by atomic mass is 10.3. The summed E-state index contributed by atoms with van der Waals surface area (Å²) in [7, 11) is 1.89. The van der Waals surface area contributed by atoms with Gasteiger partial charge in [-0.3, -0.25) is 0 Å². The highest BCUT2D eigenvalue weighted by Crippen LogP contribution is 2.25. The van der Waals surface area contributed by atoms with E-state index >= 15 is 0 Å². The Kier molecular flexibility index (Phi) is 2.89. The van der Waals surface area contributed by atoms with Crippen LogP contribution in [0.25, 0.3) is 0 Å². The second-order valence-electron chi connectivity index (χ2n) is 3.57. The summed E-state index contributed by atoms with van der Waals surface area (Å²) in [4.78, 5) is 4.44. The van der Waals surface area contributed by atoms with E-state index in [1.807, 2.05) is 19.2 Å². The summed E-state index contributed by atoms with van der Waals surface area (Å²) in [5.74, 6) is 0.933. The molecule has 1 aromatic rings. The fourth-order valence-corrected chi connectivity index (χ4v) is 1.47. The Labute approximate surface area is 88.9 Å². The van der Waals surface area contributed by atoms with Crippen LogP contribution in [0.3, 0.4) is 0 Å². The van der Waals surface area contributed by atoms with Crippen LogP contribution in [0.15, 0.2) is 12.1 Å². The van der Waals surface area contributed by atoms with Crippen LogP contribution in [0.2, 0.25) is 5.02 Å². The van der Waals surface area contributed by atoms with E-state index in [2.05, 4.69) is 15.6 Å². The minimum atomic E-state index is 0.631. The summed E-state index contributed by atoms with van der Waals surface area (Å²) in [6.07, 6.45) is 2.51. The van der Waals surface area contributed by atoms with Gasteiger partial charge in [0, 0.05) is 12.6 Å². The van der Waals surface area contributed by atoms with Crippen molar-refractivity contribution in [3.63, 3.8) is 0 Å². The maximum absolute atomic E-state index is 6.00. The Hall–Kier alpha value is -0.800. The summed E-state index contributed by atoms with van der Waals surface area (Å²) in [6.45, 7) is 0.707. The molecule has 0 aliphatic heterocycles. The Balaban J connectivity index is 2.11. The second-order valence-corrected chi connectivity index (χ2v) is 3.98. The number of aromatic nitrogens is 1. The van der Waals surface area contributed by atoms with Crippen molar-refractivity contribution in [1.82, 2.24) is 10.3 Å². The predicted molar refractivity (Wildman–Crippen MR) is 58.7 cm³/mol. The van der Waals surface area contributed by atoms with E-state index < -0.39 is 0 Å². The number of anilines is 1. The van der Waals surface area contributed by atoms with Gasteiger partial charge in [0.05, 0.1) is 10.7 Å². The maximum atomic E-state index is 6.00. The molecule has 0 aromatic carbocycles. The van der Waals surface area contributed by atoms with Gasteiger partial charge < -0.3 is 10.6 Å². The van der Waals surface area contributed by atoms with E-state index in [9.17, 15) is 0 Å². The molecule has 0 saturated heterocycles. The van der Waals surface area contributed by atoms with Gasteiger partial charge in [0.25, 0.3) is 0 Å². The van der Waals surface area contributed by atoms with Crippen LogP contribution >= 0.6 is 11.6 Å². The van der Waals surface area contributed by atoms with Crippen molar-refractivity contribution in [3.8, 4) is 0 Å². The molecule has 0 atom stereocenters. The molecular formula is C10H14ClN3. The minimum absolute atomic E-state index is 0.631. The standard InChI is InChI=1S/C10H14ClN3/c1-12-6-9-8(11)4-5-10(14-9)13-7-2-3-7/h4-5,7,12H,2-3,6H2,1H3,(H,13,14). The average Bonchev–Trinajstić information content (AvgIpc) is 2.95. The zero-order valence-electron chi connectivity index (χ0n) is 8.18. The number of halogens is 1. The smallest absolute Gasteiger partial charge is 0.126 e. The van der Waals surface area contributed by atoms with E-state index in [4.69, 9.17) is 11.6 Å². The van der Waals surface area contributed by atoms with Gasteiger partial charge in [0.15, 0.2) is 0 Å². The van der Waals surface area contributed by atoms with Crippen LogP contribution in [0.5, 0.6) is 0 Å². The lowest BCUT2D eigenvalue weighted by molar-refractivity contribution is 0.791. The summed E-state index contributed by atoms with van der Waals surface area (Å²) < 4.78 is 0. The minimum Gasteiger partial charge on any atom is -0.367 e. The van der Waals surface area contributed by atoms with E-state index in [0.717, 1.165) is 16.5 Å². The predicted octanol–water partition coefficient (Wildman–Crippen LogP) is 2.03. The fourth-order valence-electron chi connectivity index (χ4n) is 1.29. The molecule has 2 rings (SSSR count). The van der Waals surface area contributed by atoms with Gasteiger partial charge in [-0.25, -0.2) is 4.98 Å². The molecular weight excluding hydrogens is 198 g/mol. The molecule has 0 amide bonds. The third-order valence-electron chi connectivity index (χ3n) is 2.19. The number of hydrogen-bond donors (Lipinski definition) is 2. The van der Waals surface area contributed by atoms with Gasteiger partial charge in [-0.05, 0) is 32.0 Å². The summed E-state index contributed by atoms with van der Waals surface area (Å²) >= 11 is 6.00. The SMILES string of the molecule is CNCc1nc(NC2CC2)ccc1Cl. The summed E-state index contributed by atoms with van der Waals surface area (Å²) in [5.41, 5.74) is 0.903. The molecule has 0 spiro atoms. The highest BCUT2D eigenvalue weighted by Gasteiger charge is 2.21. The number of pyridine rings is 1. The molecule has 3 nitrogen and oxygen atoms in total. The van der Waals surface area contributed by atoms with Crippen LogP contribution in [-0.4, -0.2) is 18.1 Å². The molecule has 0 bridgehead atoms. The van der Waals surface area contributed by atoms with Crippen molar-refractivity contribution in [2.75, 3.05) is 12.4 Å². The molecule has 1 aliphatic carbocycles. The first-order chi connectivity index (χ1) is 6.79. The van der Waals surface area contributed by atoms with E-state index in [-0.39, 0.29) is 0 Å². The zero-order chi connectivity index (χ0) is 9.97. The number of nitrogens with one attached hydrogen (secondary N) is 2. The lowest BCUT2D eigenvalue weighted by Gasteiger charge is -2.07. The first-order valence-electron chi connectivity index (χ1n) is 4.86. The van der Waals surface area contributed by atoms with Gasteiger partial charge in [-0.15, -0.1) is 0 Å². The molecule has 1 fully saturated rings. The molecule has 1 aliphatic rings. The maximum Gasteiger partial charge on any atom is 0.126 e. The largest absolute Gasteiger partial charge is 0.367 e. The second kappa shape index (κ2) is 4.15. The van der Waals surface area contributed by atoms with Gasteiger partial charge in [0.2, 0.25) is 0 Å². The molecule has 1 saturated carbocycles. The van der Waals surface area contributed by atoms with Crippen molar-refractivity contribution >= 4 is 17.4 Å². The van der Waals surface area contributed by atoms with Gasteiger partial charge in [-0.2, -0.15) is 0 Å². The van der Waals surface area contributed by atoms with E-state index in [1.165, 1.54) is 12.8 Å². The van der Waals surface area contributed by atoms with Crippen molar-refractivity contribution in [3.05, 3.63) is 22.8 Å². The van der Waals surface area contributed by atoms with Crippen LogP contribution in [0.1, 0.15) is 18.5 Å². The number of hydrogen-bond acceptors (Lipinski definition) is 3. The first-order valence-corrected chi connectivity index (χ1v) is 5.24. The molecule has 0 radical (unpaired) electrons. The third kappa shape index (κ3) is 2.36. The zero-order valence-corrected chi connectivity index (χ0v) is 8.93. The average molecular weight is 212 g/mol. The molecule has 14 heavy (non-hydrogen) atoms. The van der Waals surface area contributed by atoms with Crippen LogP contribution < -0.4 is 10.6 Å². The van der Waals surface area contributed by atoms with Crippen LogP contribution in [-0.2, 0) is 6.54 Å². The van der Waals surface area contributed by atoms with E-state index in [1.54, 1.807) is 0 Å². The Morgan fingerprint density at radius 3 is 2.93 bits per heavy atom. The Morgan fingerprint density at radius 2 is 2.29 bits per heavy atom. The summed E-state index contributed by atoms with van der Waals surface area (Å²) in [5, 5.41) is 7.11. The fraction of sp³-hybridized carbons (Fsp3) is 0.500. The quantitative estimate of drug-likeness (QED) is 0.800. The highest BCUT2D eigenvalue weighted by molar-refractivity contribution is 6.31. The molecule has 1 aromatic heterocycles. The normalized spacial score (nSPS) is 15.6. The van der Waals surface area contributed by atoms with Gasteiger partial charge >= 0.3 is 0 Å². The topological polar surface area (TPSA) is 37.0 Å². The number of rotatable bonds is 4. The molecule has 0 unspecified atom stereocenters. The molecule has 1 heterocycles. The van der Waals surface area contributed by atoms with Crippen molar-refractivity contribution in [1.29, 1.82) is 0 Å². The van der Waals surface area contributed by atoms with Crippen molar-refractivity contribution < 1.29 is 0 Å². The van der Waals surface area contributed by atoms with Crippen LogP contribution in [0, 0.1) is 0 Å². The number of nitrogens with zero attached hydrogens (tertiary/aromatic N) is 1. The van der Waals surface area contributed by atoms with Crippen molar-refractivity contribution in [2.24, 2.45) is 0 Å². The van der Waals surface area contributed by atoms with E-state index in [0.29, 0.717) is 12.6 Å².